The molecule has 0 spiro atoms. The average Bonchev–Trinajstić information content (AvgIpc) is 2.17. The second-order valence-corrected chi connectivity index (χ2v) is 6.40. The Balaban J connectivity index is 1.97. The molecule has 1 aliphatic carbocycles. The van der Waals surface area contributed by atoms with Gasteiger partial charge in [-0.2, -0.15) is 0 Å². The van der Waals surface area contributed by atoms with Crippen LogP contribution in [0.3, 0.4) is 0 Å². The fraction of sp³-hybridized carbons (Fsp3) is 1.00. The van der Waals surface area contributed by atoms with Crippen molar-refractivity contribution in [2.75, 3.05) is 18.6 Å². The first-order chi connectivity index (χ1) is 6.31. The normalized spacial score (nSPS) is 45.7. The minimum Gasteiger partial charge on any atom is -0.378 e. The average molecular weight is 222 g/mol. The number of halogens is 1. The largest absolute Gasteiger partial charge is 0.378 e. The molecule has 2 rings (SSSR count). The summed E-state index contributed by atoms with van der Waals surface area (Å²) >= 11 is 0. The maximum atomic E-state index is 13.5. The second kappa shape index (κ2) is 4.41. The van der Waals surface area contributed by atoms with Gasteiger partial charge in [-0.15, -0.1) is 0 Å². The number of ether oxygens (including phenoxy) is 1. The van der Waals surface area contributed by atoms with E-state index in [-0.39, 0.29) is 6.10 Å². The van der Waals surface area contributed by atoms with Crippen molar-refractivity contribution in [3.63, 3.8) is 0 Å². The van der Waals surface area contributed by atoms with Crippen molar-refractivity contribution in [2.45, 2.75) is 25.1 Å². The van der Waals surface area contributed by atoms with Crippen LogP contribution in [0.1, 0.15) is 12.8 Å². The lowest BCUT2D eigenvalue weighted by Gasteiger charge is -2.39. The smallest absolute Gasteiger partial charge is 0.126 e. The number of methoxy groups -OCH3 is 1. The topological polar surface area (TPSA) is 9.23 Å². The van der Waals surface area contributed by atoms with Crippen LogP contribution in [0.4, 0.5) is 4.39 Å². The monoisotopic (exact) mass is 222 g/mol. The zero-order valence-corrected chi connectivity index (χ0v) is 9.37. The Labute approximate surface area is 86.6 Å². The lowest BCUT2D eigenvalue weighted by molar-refractivity contribution is -0.0240. The molecule has 1 aliphatic heterocycles. The van der Waals surface area contributed by atoms with Crippen LogP contribution in [0.15, 0.2) is 0 Å². The van der Waals surface area contributed by atoms with Gasteiger partial charge in [-0.25, -0.2) is 4.39 Å². The van der Waals surface area contributed by atoms with Crippen molar-refractivity contribution in [3.8, 4) is 0 Å². The predicted octanol–water partition coefficient (Wildman–Crippen LogP) is 2.76. The molecule has 0 bridgehead atoms. The lowest BCUT2D eigenvalue weighted by atomic mass is 9.79. The Morgan fingerprint density at radius 1 is 1.15 bits per heavy atom. The molecule has 4 heteroatoms. The summed E-state index contributed by atoms with van der Waals surface area (Å²) in [6, 6.07) is 0. The molecule has 2 fully saturated rings. The number of fused-ring (bicyclic) bond motifs is 1. The number of hydrogen-bond acceptors (Lipinski definition) is 3. The highest BCUT2D eigenvalue weighted by Crippen LogP contribution is 2.44. The van der Waals surface area contributed by atoms with Crippen LogP contribution in [0.2, 0.25) is 0 Å². The molecule has 0 amide bonds. The molecule has 0 aromatic heterocycles. The standard InChI is InChI=1S/C9H15FOS2/c1-11-9-3-7-5-13-12-4-6(7)2-8(9)10/h6-9H,2-5H2,1H3/t6?,7-,8+,9?/m1/s1. The molecular formula is C9H15FOS2. The van der Waals surface area contributed by atoms with Crippen molar-refractivity contribution in [2.24, 2.45) is 11.8 Å². The summed E-state index contributed by atoms with van der Waals surface area (Å²) in [6.07, 6.45) is 0.784. The fourth-order valence-corrected chi connectivity index (χ4v) is 5.18. The van der Waals surface area contributed by atoms with Gasteiger partial charge in [-0.1, -0.05) is 21.6 Å². The van der Waals surface area contributed by atoms with Crippen molar-refractivity contribution in [1.29, 1.82) is 0 Å². The Kier molecular flexibility index (Phi) is 3.43. The Morgan fingerprint density at radius 2 is 1.77 bits per heavy atom. The van der Waals surface area contributed by atoms with Gasteiger partial charge in [0.25, 0.3) is 0 Å². The SMILES string of the molecule is COC1C[C@@H]2CSSCC2C[C@@H]1F. The molecular weight excluding hydrogens is 207 g/mol. The van der Waals surface area contributed by atoms with E-state index in [9.17, 15) is 4.39 Å². The quantitative estimate of drug-likeness (QED) is 0.631. The second-order valence-electron chi connectivity index (χ2n) is 3.85. The summed E-state index contributed by atoms with van der Waals surface area (Å²) < 4.78 is 18.6. The first-order valence-corrected chi connectivity index (χ1v) is 7.21. The minimum absolute atomic E-state index is 0.134. The Morgan fingerprint density at radius 3 is 2.38 bits per heavy atom. The van der Waals surface area contributed by atoms with Gasteiger partial charge in [-0.3, -0.25) is 0 Å². The van der Waals surface area contributed by atoms with Crippen LogP contribution in [0, 0.1) is 11.8 Å². The highest BCUT2D eigenvalue weighted by Gasteiger charge is 2.38. The van der Waals surface area contributed by atoms with Crippen LogP contribution in [-0.4, -0.2) is 30.9 Å². The van der Waals surface area contributed by atoms with Gasteiger partial charge in [0.2, 0.25) is 0 Å². The first kappa shape index (κ1) is 10.1. The van der Waals surface area contributed by atoms with E-state index in [1.165, 1.54) is 5.75 Å². The van der Waals surface area contributed by atoms with Crippen LogP contribution in [-0.2, 0) is 4.74 Å². The summed E-state index contributed by atoms with van der Waals surface area (Å²) in [5, 5.41) is 0. The molecule has 1 heterocycles. The maximum Gasteiger partial charge on any atom is 0.126 e. The molecule has 0 radical (unpaired) electrons. The lowest BCUT2D eigenvalue weighted by Crippen LogP contribution is -2.40. The van der Waals surface area contributed by atoms with E-state index in [4.69, 9.17) is 4.74 Å². The van der Waals surface area contributed by atoms with Crippen molar-refractivity contribution in [3.05, 3.63) is 0 Å². The van der Waals surface area contributed by atoms with Gasteiger partial charge in [0.1, 0.15) is 6.17 Å². The molecule has 1 saturated carbocycles. The fourth-order valence-electron chi connectivity index (χ4n) is 2.20. The molecule has 0 aromatic carbocycles. The predicted molar refractivity (Wildman–Crippen MR) is 56.8 cm³/mol. The molecule has 2 unspecified atom stereocenters. The summed E-state index contributed by atoms with van der Waals surface area (Å²) in [4.78, 5) is 0. The molecule has 4 atom stereocenters. The van der Waals surface area contributed by atoms with E-state index in [2.05, 4.69) is 0 Å². The van der Waals surface area contributed by atoms with Crippen molar-refractivity contribution < 1.29 is 9.13 Å². The molecule has 2 aliphatic rings. The third kappa shape index (κ3) is 2.16. The highest BCUT2D eigenvalue weighted by atomic mass is 33.1. The van der Waals surface area contributed by atoms with Crippen LogP contribution in [0.5, 0.6) is 0 Å². The van der Waals surface area contributed by atoms with Gasteiger partial charge in [-0.05, 0) is 24.7 Å². The van der Waals surface area contributed by atoms with Crippen LogP contribution < -0.4 is 0 Å². The van der Waals surface area contributed by atoms with E-state index in [1.54, 1.807) is 7.11 Å². The van der Waals surface area contributed by atoms with Crippen LogP contribution in [0.25, 0.3) is 0 Å². The molecule has 1 saturated heterocycles. The van der Waals surface area contributed by atoms with E-state index in [1.807, 2.05) is 21.6 Å². The number of rotatable bonds is 1. The van der Waals surface area contributed by atoms with Gasteiger partial charge >= 0.3 is 0 Å². The molecule has 0 N–H and O–H groups in total. The Hall–Kier alpha value is 0.590. The van der Waals surface area contributed by atoms with Gasteiger partial charge < -0.3 is 4.74 Å². The summed E-state index contributed by atoms with van der Waals surface area (Å²) in [5.41, 5.74) is 0. The van der Waals surface area contributed by atoms with E-state index >= 15 is 0 Å². The summed E-state index contributed by atoms with van der Waals surface area (Å²) in [5.74, 6) is 3.62. The van der Waals surface area contributed by atoms with Gasteiger partial charge in [0.05, 0.1) is 6.10 Å². The third-order valence-electron chi connectivity index (χ3n) is 3.08. The molecule has 1 nitrogen and oxygen atoms in total. The van der Waals surface area contributed by atoms with Crippen molar-refractivity contribution >= 4 is 21.6 Å². The first-order valence-electron chi connectivity index (χ1n) is 4.72. The molecule has 76 valence electrons. The van der Waals surface area contributed by atoms with Gasteiger partial charge in [0.15, 0.2) is 0 Å². The summed E-state index contributed by atoms with van der Waals surface area (Å²) in [7, 11) is 5.46. The minimum atomic E-state index is -0.727. The maximum absolute atomic E-state index is 13.5. The van der Waals surface area contributed by atoms with E-state index in [0.717, 1.165) is 18.6 Å². The van der Waals surface area contributed by atoms with Crippen LogP contribution >= 0.6 is 21.6 Å². The zero-order valence-electron chi connectivity index (χ0n) is 7.74. The zero-order chi connectivity index (χ0) is 9.26. The summed E-state index contributed by atoms with van der Waals surface area (Å²) in [6.45, 7) is 0. The number of alkyl halides is 1. The van der Waals surface area contributed by atoms with Gasteiger partial charge in [0, 0.05) is 18.6 Å². The van der Waals surface area contributed by atoms with Crippen molar-refractivity contribution in [1.82, 2.24) is 0 Å². The molecule has 13 heavy (non-hydrogen) atoms. The molecule has 0 aromatic rings. The Bertz CT molecular complexity index is 179. The highest BCUT2D eigenvalue weighted by molar-refractivity contribution is 8.76. The number of hydrogen-bond donors (Lipinski definition) is 0. The van der Waals surface area contributed by atoms with E-state index in [0.29, 0.717) is 11.8 Å². The third-order valence-corrected chi connectivity index (χ3v) is 5.70. The van der Waals surface area contributed by atoms with E-state index < -0.39 is 6.17 Å².